The van der Waals surface area contributed by atoms with Crippen molar-refractivity contribution in [3.63, 3.8) is 0 Å². The zero-order valence-corrected chi connectivity index (χ0v) is 17.0. The minimum atomic E-state index is -8.64. The van der Waals surface area contributed by atoms with Crippen molar-refractivity contribution in [2.75, 3.05) is 19.8 Å². The summed E-state index contributed by atoms with van der Waals surface area (Å²) in [5, 5.41) is 0. The van der Waals surface area contributed by atoms with Crippen LogP contribution in [0.4, 0.5) is 74.6 Å². The van der Waals surface area contributed by atoms with E-state index in [9.17, 15) is 74.6 Å². The van der Waals surface area contributed by atoms with Gasteiger partial charge in [0, 0.05) is 12.5 Å². The molecule has 3 nitrogen and oxygen atoms in total. The lowest BCUT2D eigenvalue weighted by atomic mass is 9.88. The van der Waals surface area contributed by atoms with Gasteiger partial charge in [-0.25, -0.2) is 0 Å². The molecule has 0 aromatic carbocycles. The summed E-state index contributed by atoms with van der Waals surface area (Å²) in [7, 11) is 0. The zero-order chi connectivity index (χ0) is 28.7. The molecule has 0 aliphatic carbocycles. The molecule has 2 unspecified atom stereocenters. The highest BCUT2D eigenvalue weighted by atomic mass is 19.4. The highest BCUT2D eigenvalue weighted by Gasteiger charge is 2.95. The first-order chi connectivity index (χ1) is 15.1. The molecule has 0 radical (unpaired) electrons. The van der Waals surface area contributed by atoms with Crippen LogP contribution in [0.3, 0.4) is 0 Å². The molecular formula is C15H17F17N2O. The number of halogens is 17. The Kier molecular flexibility index (Phi) is 9.49. The maximum Gasteiger partial charge on any atom is 0.460 e. The lowest BCUT2D eigenvalue weighted by Gasteiger charge is -2.42. The van der Waals surface area contributed by atoms with E-state index in [0.717, 1.165) is 0 Å². The molecule has 212 valence electrons. The van der Waals surface area contributed by atoms with Gasteiger partial charge in [0.1, 0.15) is 0 Å². The van der Waals surface area contributed by atoms with Gasteiger partial charge in [0.25, 0.3) is 0 Å². The molecule has 0 aromatic rings. The van der Waals surface area contributed by atoms with Crippen LogP contribution in [-0.2, 0) is 4.74 Å². The van der Waals surface area contributed by atoms with Gasteiger partial charge in [-0.15, -0.1) is 0 Å². The average molecular weight is 564 g/mol. The van der Waals surface area contributed by atoms with Gasteiger partial charge in [-0.3, -0.25) is 0 Å². The van der Waals surface area contributed by atoms with Gasteiger partial charge in [-0.2, -0.15) is 74.6 Å². The summed E-state index contributed by atoms with van der Waals surface area (Å²) in [6.07, 6.45) is -10.4. The van der Waals surface area contributed by atoms with Crippen LogP contribution in [0.5, 0.6) is 0 Å². The van der Waals surface area contributed by atoms with Crippen molar-refractivity contribution in [3.05, 3.63) is 0 Å². The van der Waals surface area contributed by atoms with Crippen molar-refractivity contribution in [3.8, 4) is 0 Å². The van der Waals surface area contributed by atoms with E-state index in [0.29, 0.717) is 0 Å². The molecule has 2 atom stereocenters. The van der Waals surface area contributed by atoms with E-state index < -0.39 is 79.2 Å². The second-order valence-corrected chi connectivity index (χ2v) is 7.35. The predicted molar refractivity (Wildman–Crippen MR) is 82.3 cm³/mol. The fourth-order valence-corrected chi connectivity index (χ4v) is 2.11. The summed E-state index contributed by atoms with van der Waals surface area (Å²) in [4.78, 5) is 0. The fourth-order valence-electron chi connectivity index (χ4n) is 2.11. The number of nitrogens with two attached hydrogens (primary N) is 2. The van der Waals surface area contributed by atoms with E-state index in [4.69, 9.17) is 11.5 Å². The standard InChI is InChI=1S/C15H17F17N2O/c1-6(4-33)7(34)5-35-3-2-8(16,17)9(18,19)10(20,21)11(22,23)12(24,25)13(26,27)14(28,29)15(30,31)32/h6-7H,2-5,33-34H2,1H3. The summed E-state index contributed by atoms with van der Waals surface area (Å²) in [6.45, 7) is -1.15. The van der Waals surface area contributed by atoms with E-state index in [-0.39, 0.29) is 6.54 Å². The number of ether oxygens (including phenoxy) is 1. The second kappa shape index (κ2) is 9.86. The molecule has 0 aromatic heterocycles. The third kappa shape index (κ3) is 5.37. The van der Waals surface area contributed by atoms with Gasteiger partial charge in [0.15, 0.2) is 0 Å². The molecule has 0 amide bonds. The van der Waals surface area contributed by atoms with Gasteiger partial charge < -0.3 is 16.2 Å². The lowest BCUT2D eigenvalue weighted by molar-refractivity contribution is -0.462. The summed E-state index contributed by atoms with van der Waals surface area (Å²) in [5.41, 5.74) is 10.6. The average Bonchev–Trinajstić information content (AvgIpc) is 2.68. The minimum Gasteiger partial charge on any atom is -0.380 e. The molecule has 0 saturated carbocycles. The van der Waals surface area contributed by atoms with Gasteiger partial charge in [0.2, 0.25) is 0 Å². The van der Waals surface area contributed by atoms with Gasteiger partial charge >= 0.3 is 47.6 Å². The lowest BCUT2D eigenvalue weighted by Crippen LogP contribution is -2.74. The molecule has 0 saturated heterocycles. The highest BCUT2D eigenvalue weighted by molar-refractivity contribution is 5.15. The molecule has 0 spiro atoms. The van der Waals surface area contributed by atoms with Crippen LogP contribution in [0.1, 0.15) is 13.3 Å². The van der Waals surface area contributed by atoms with E-state index in [1.54, 1.807) is 0 Å². The first-order valence-corrected chi connectivity index (χ1v) is 8.86. The first kappa shape index (κ1) is 33.7. The molecule has 20 heteroatoms. The minimum absolute atomic E-state index is 0.105. The Morgan fingerprint density at radius 1 is 0.600 bits per heavy atom. The van der Waals surface area contributed by atoms with E-state index in [2.05, 4.69) is 4.74 Å². The van der Waals surface area contributed by atoms with E-state index >= 15 is 0 Å². The Morgan fingerprint density at radius 2 is 0.943 bits per heavy atom. The first-order valence-electron chi connectivity index (χ1n) is 8.86. The monoisotopic (exact) mass is 564 g/mol. The van der Waals surface area contributed by atoms with Crippen molar-refractivity contribution in [1.29, 1.82) is 0 Å². The van der Waals surface area contributed by atoms with Crippen molar-refractivity contribution in [2.45, 2.75) is 67.0 Å². The Labute approximate surface area is 184 Å². The van der Waals surface area contributed by atoms with E-state index in [1.165, 1.54) is 6.92 Å². The predicted octanol–water partition coefficient (Wildman–Crippen LogP) is 5.32. The number of alkyl halides is 17. The molecule has 0 aliphatic heterocycles. The van der Waals surface area contributed by atoms with Crippen LogP contribution in [0.2, 0.25) is 0 Å². The Hall–Kier alpha value is -1.31. The van der Waals surface area contributed by atoms with Crippen molar-refractivity contribution in [2.24, 2.45) is 17.4 Å². The molecule has 35 heavy (non-hydrogen) atoms. The highest BCUT2D eigenvalue weighted by Crippen LogP contribution is 2.64. The van der Waals surface area contributed by atoms with Crippen molar-refractivity contribution >= 4 is 0 Å². The van der Waals surface area contributed by atoms with Crippen LogP contribution in [0, 0.1) is 5.92 Å². The SMILES string of the molecule is CC(CN)C(N)COCCC(F)(F)C(F)(F)C(F)(F)C(F)(F)C(F)(F)C(F)(F)C(F)(F)C(F)(F)F. The molecule has 0 fully saturated rings. The molecule has 0 heterocycles. The Morgan fingerprint density at radius 3 is 1.29 bits per heavy atom. The zero-order valence-electron chi connectivity index (χ0n) is 17.0. The molecular weight excluding hydrogens is 547 g/mol. The maximum atomic E-state index is 13.6. The number of rotatable bonds is 13. The summed E-state index contributed by atoms with van der Waals surface area (Å²) in [5.74, 6) is -57.0. The van der Waals surface area contributed by atoms with Crippen molar-refractivity contribution < 1.29 is 79.4 Å². The summed E-state index contributed by atoms with van der Waals surface area (Å²) >= 11 is 0. The van der Waals surface area contributed by atoms with Crippen molar-refractivity contribution in [1.82, 2.24) is 0 Å². The van der Waals surface area contributed by atoms with Crippen LogP contribution in [-0.4, -0.2) is 73.4 Å². The number of hydrogen-bond acceptors (Lipinski definition) is 3. The summed E-state index contributed by atoms with van der Waals surface area (Å²) in [6, 6.07) is -1.05. The third-order valence-corrected chi connectivity index (χ3v) is 4.76. The molecule has 0 rings (SSSR count). The van der Waals surface area contributed by atoms with Gasteiger partial charge in [-0.05, 0) is 12.5 Å². The topological polar surface area (TPSA) is 61.3 Å². The van der Waals surface area contributed by atoms with E-state index in [1.807, 2.05) is 0 Å². The smallest absolute Gasteiger partial charge is 0.380 e. The van der Waals surface area contributed by atoms with Gasteiger partial charge in [-0.1, -0.05) is 6.92 Å². The quantitative estimate of drug-likeness (QED) is 0.235. The summed E-state index contributed by atoms with van der Waals surface area (Å²) < 4.78 is 227. The van der Waals surface area contributed by atoms with Crippen LogP contribution >= 0.6 is 0 Å². The normalized spacial score (nSPS) is 17.5. The maximum absolute atomic E-state index is 13.6. The van der Waals surface area contributed by atoms with Crippen LogP contribution in [0.25, 0.3) is 0 Å². The van der Waals surface area contributed by atoms with Crippen LogP contribution < -0.4 is 11.5 Å². The molecule has 0 bridgehead atoms. The molecule has 4 N–H and O–H groups in total. The largest absolute Gasteiger partial charge is 0.460 e. The fraction of sp³-hybridized carbons (Fsp3) is 1.00. The molecule has 0 aliphatic rings. The van der Waals surface area contributed by atoms with Crippen LogP contribution in [0.15, 0.2) is 0 Å². The number of hydrogen-bond donors (Lipinski definition) is 2. The third-order valence-electron chi connectivity index (χ3n) is 4.76. The Balaban J connectivity index is 6.08. The second-order valence-electron chi connectivity index (χ2n) is 7.35. The van der Waals surface area contributed by atoms with Gasteiger partial charge in [0.05, 0.1) is 13.2 Å². The Bertz CT molecular complexity index is 706.